The zero-order valence-electron chi connectivity index (χ0n) is 26.1. The SMILES string of the molecule is CCCN(CCC)C(=O)c1cc(C)cc(C(=O)N[C@@H](Cc2cc(F)cc(F)c2)[C@H](O)CNCc2cccc(N(C)C(=O)O)c2)c1. The normalized spacial score (nSPS) is 12.3. The van der Waals surface area contributed by atoms with Crippen molar-refractivity contribution in [1.29, 1.82) is 0 Å². The highest BCUT2D eigenvalue weighted by atomic mass is 19.1. The molecule has 0 heterocycles. The Balaban J connectivity index is 1.80. The predicted molar refractivity (Wildman–Crippen MR) is 170 cm³/mol. The lowest BCUT2D eigenvalue weighted by molar-refractivity contribution is 0.0755. The van der Waals surface area contributed by atoms with Crippen LogP contribution in [0.15, 0.2) is 60.7 Å². The number of anilines is 1. The number of hydrogen-bond acceptors (Lipinski definition) is 5. The highest BCUT2D eigenvalue weighted by Gasteiger charge is 2.24. The number of aliphatic hydroxyl groups is 1. The molecule has 2 atom stereocenters. The molecule has 0 bridgehead atoms. The van der Waals surface area contributed by atoms with Crippen molar-refractivity contribution in [2.45, 2.75) is 58.7 Å². The van der Waals surface area contributed by atoms with Gasteiger partial charge in [-0.2, -0.15) is 0 Å². The van der Waals surface area contributed by atoms with Gasteiger partial charge in [-0.05, 0) is 85.3 Å². The summed E-state index contributed by atoms with van der Waals surface area (Å²) in [5.41, 5.74) is 2.80. The number of carbonyl (C=O) groups excluding carboxylic acids is 2. The zero-order valence-corrected chi connectivity index (χ0v) is 26.1. The number of benzene rings is 3. The summed E-state index contributed by atoms with van der Waals surface area (Å²) in [7, 11) is 1.43. The smallest absolute Gasteiger partial charge is 0.411 e. The minimum Gasteiger partial charge on any atom is -0.465 e. The number of aliphatic hydroxyl groups excluding tert-OH is 1. The number of carbonyl (C=O) groups is 3. The van der Waals surface area contributed by atoms with Gasteiger partial charge in [0, 0.05) is 56.1 Å². The topological polar surface area (TPSA) is 122 Å². The molecule has 3 aromatic rings. The van der Waals surface area contributed by atoms with Crippen LogP contribution in [0.25, 0.3) is 0 Å². The Morgan fingerprint density at radius 1 is 0.889 bits per heavy atom. The van der Waals surface area contributed by atoms with Gasteiger partial charge >= 0.3 is 6.09 Å². The monoisotopic (exact) mass is 624 g/mol. The van der Waals surface area contributed by atoms with Crippen LogP contribution in [0.3, 0.4) is 0 Å². The van der Waals surface area contributed by atoms with Crippen molar-refractivity contribution < 1.29 is 33.4 Å². The summed E-state index contributed by atoms with van der Waals surface area (Å²) in [5, 5.41) is 26.3. The molecule has 0 spiro atoms. The van der Waals surface area contributed by atoms with Gasteiger partial charge in [-0.15, -0.1) is 0 Å². The van der Waals surface area contributed by atoms with Gasteiger partial charge in [0.05, 0.1) is 12.1 Å². The molecule has 11 heteroatoms. The number of aryl methyl sites for hydroxylation is 1. The molecule has 0 radical (unpaired) electrons. The Morgan fingerprint density at radius 3 is 2.16 bits per heavy atom. The Labute approximate surface area is 262 Å². The molecule has 0 unspecified atom stereocenters. The molecule has 4 N–H and O–H groups in total. The second-order valence-corrected chi connectivity index (χ2v) is 11.2. The van der Waals surface area contributed by atoms with E-state index in [1.807, 2.05) is 13.8 Å². The molecule has 242 valence electrons. The minimum absolute atomic E-state index is 0.00227. The van der Waals surface area contributed by atoms with Crippen molar-refractivity contribution in [1.82, 2.24) is 15.5 Å². The van der Waals surface area contributed by atoms with Crippen LogP contribution in [-0.2, 0) is 13.0 Å². The Kier molecular flexibility index (Phi) is 13.0. The summed E-state index contributed by atoms with van der Waals surface area (Å²) >= 11 is 0. The van der Waals surface area contributed by atoms with Gasteiger partial charge < -0.3 is 25.7 Å². The lowest BCUT2D eigenvalue weighted by Crippen LogP contribution is -2.48. The lowest BCUT2D eigenvalue weighted by Gasteiger charge is -2.25. The number of nitrogens with one attached hydrogen (secondary N) is 2. The van der Waals surface area contributed by atoms with E-state index in [1.165, 1.54) is 13.1 Å². The summed E-state index contributed by atoms with van der Waals surface area (Å²) in [6.07, 6.45) is -0.762. The van der Waals surface area contributed by atoms with E-state index in [2.05, 4.69) is 10.6 Å². The van der Waals surface area contributed by atoms with Crippen molar-refractivity contribution in [2.24, 2.45) is 0 Å². The molecular weight excluding hydrogens is 582 g/mol. The lowest BCUT2D eigenvalue weighted by atomic mass is 9.99. The summed E-state index contributed by atoms with van der Waals surface area (Å²) in [5.74, 6) is -2.28. The quantitative estimate of drug-likeness (QED) is 0.186. The molecule has 0 saturated heterocycles. The second-order valence-electron chi connectivity index (χ2n) is 11.2. The summed E-state index contributed by atoms with van der Waals surface area (Å²) < 4.78 is 28.0. The van der Waals surface area contributed by atoms with Crippen molar-refractivity contribution in [3.8, 4) is 0 Å². The maximum atomic E-state index is 14.0. The highest BCUT2D eigenvalue weighted by molar-refractivity contribution is 6.00. The van der Waals surface area contributed by atoms with Gasteiger partial charge in [-0.1, -0.05) is 26.0 Å². The maximum Gasteiger partial charge on any atom is 0.411 e. The first-order valence-corrected chi connectivity index (χ1v) is 15.0. The van der Waals surface area contributed by atoms with Crippen LogP contribution in [0.2, 0.25) is 0 Å². The van der Waals surface area contributed by atoms with E-state index in [9.17, 15) is 33.4 Å². The van der Waals surface area contributed by atoms with E-state index in [0.717, 1.165) is 41.5 Å². The molecule has 0 aliphatic carbocycles. The van der Waals surface area contributed by atoms with E-state index < -0.39 is 35.8 Å². The Hall–Kier alpha value is -4.35. The average molecular weight is 625 g/mol. The first-order chi connectivity index (χ1) is 21.4. The van der Waals surface area contributed by atoms with Crippen molar-refractivity contribution in [3.63, 3.8) is 0 Å². The number of rotatable bonds is 15. The van der Waals surface area contributed by atoms with Gasteiger partial charge in [-0.3, -0.25) is 14.5 Å². The number of nitrogens with zero attached hydrogens (tertiary/aromatic N) is 2. The zero-order chi connectivity index (χ0) is 33.1. The maximum absolute atomic E-state index is 14.0. The third-order valence-electron chi connectivity index (χ3n) is 7.29. The summed E-state index contributed by atoms with van der Waals surface area (Å²) in [6.45, 7) is 7.23. The first kappa shape index (κ1) is 35.1. The standard InChI is InChI=1S/C34H42F2N4O5/c1-5-10-40(11-6-2)33(43)26-13-22(3)12-25(18-26)32(42)38-30(17-24-14-27(35)19-28(36)15-24)31(41)21-37-20-23-8-7-9-29(16-23)39(4)34(44)45/h7-9,12-16,18-19,30-31,37,41H,5-6,10-11,17,20-21H2,1-4H3,(H,38,42)(H,44,45)/t30-,31+/m0/s1. The fourth-order valence-electron chi connectivity index (χ4n) is 5.08. The third kappa shape index (κ3) is 10.4. The molecule has 0 aromatic heterocycles. The van der Waals surface area contributed by atoms with Gasteiger partial charge in [-0.25, -0.2) is 13.6 Å². The number of halogens is 2. The van der Waals surface area contributed by atoms with Gasteiger partial charge in [0.2, 0.25) is 0 Å². The second kappa shape index (κ2) is 16.6. The molecule has 3 amide bonds. The predicted octanol–water partition coefficient (Wildman–Crippen LogP) is 5.14. The fourth-order valence-corrected chi connectivity index (χ4v) is 5.08. The van der Waals surface area contributed by atoms with Crippen LogP contribution < -0.4 is 15.5 Å². The number of carboxylic acid groups (broad SMARTS) is 1. The van der Waals surface area contributed by atoms with Gasteiger partial charge in [0.25, 0.3) is 11.8 Å². The molecule has 0 saturated carbocycles. The molecule has 3 aromatic carbocycles. The molecule has 0 fully saturated rings. The minimum atomic E-state index is -1.18. The van der Waals surface area contributed by atoms with Gasteiger partial charge in [0.15, 0.2) is 0 Å². The molecule has 0 aliphatic heterocycles. The van der Waals surface area contributed by atoms with Crippen LogP contribution in [0.1, 0.15) is 64.1 Å². The largest absolute Gasteiger partial charge is 0.465 e. The van der Waals surface area contributed by atoms with E-state index in [-0.39, 0.29) is 36.5 Å². The van der Waals surface area contributed by atoms with Gasteiger partial charge in [0.1, 0.15) is 11.6 Å². The van der Waals surface area contributed by atoms with Crippen LogP contribution in [0, 0.1) is 18.6 Å². The third-order valence-corrected chi connectivity index (χ3v) is 7.29. The van der Waals surface area contributed by atoms with Crippen molar-refractivity contribution >= 4 is 23.6 Å². The van der Waals surface area contributed by atoms with E-state index in [0.29, 0.717) is 29.9 Å². The molecular formula is C34H42F2N4O5. The average Bonchev–Trinajstić information content (AvgIpc) is 2.99. The highest BCUT2D eigenvalue weighted by Crippen LogP contribution is 2.17. The molecule has 3 rings (SSSR count). The Bertz CT molecular complexity index is 1460. The molecule has 9 nitrogen and oxygen atoms in total. The summed E-state index contributed by atoms with van der Waals surface area (Å²) in [4.78, 5) is 40.9. The van der Waals surface area contributed by atoms with Crippen LogP contribution >= 0.6 is 0 Å². The van der Waals surface area contributed by atoms with E-state index in [1.54, 1.807) is 48.2 Å². The van der Waals surface area contributed by atoms with Crippen LogP contribution in [-0.4, -0.2) is 71.8 Å². The summed E-state index contributed by atoms with van der Waals surface area (Å²) in [6, 6.07) is 13.8. The van der Waals surface area contributed by atoms with E-state index in [4.69, 9.17) is 0 Å². The van der Waals surface area contributed by atoms with E-state index >= 15 is 0 Å². The number of hydrogen-bond donors (Lipinski definition) is 4. The van der Waals surface area contributed by atoms with Crippen LogP contribution in [0.4, 0.5) is 19.3 Å². The van der Waals surface area contributed by atoms with Crippen LogP contribution in [0.5, 0.6) is 0 Å². The fraction of sp³-hybridized carbons (Fsp3) is 0.382. The Morgan fingerprint density at radius 2 is 1.53 bits per heavy atom. The number of amides is 3. The molecule has 0 aliphatic rings. The van der Waals surface area contributed by atoms with Crippen molar-refractivity contribution in [3.05, 3.63) is 100 Å². The first-order valence-electron chi connectivity index (χ1n) is 15.0. The van der Waals surface area contributed by atoms with Crippen molar-refractivity contribution in [2.75, 3.05) is 31.6 Å². The molecule has 45 heavy (non-hydrogen) atoms.